The lowest BCUT2D eigenvalue weighted by Crippen LogP contribution is -2.29. The number of carbonyl (C=O) groups excluding carboxylic acids is 1. The Labute approximate surface area is 40.5 Å². The average Bonchev–Trinajstić information content (AvgIpc) is 1.68. The van der Waals surface area contributed by atoms with Crippen LogP contribution < -0.4 is 17.2 Å². The molecule has 0 atom stereocenters. The van der Waals surface area contributed by atoms with Gasteiger partial charge in [0.15, 0.2) is 0 Å². The van der Waals surface area contributed by atoms with Gasteiger partial charge in [0.25, 0.3) is 0 Å². The number of hydrazine groups is 1. The number of hydrogen-bond acceptors (Lipinski definition) is 5. The molecule has 5 nitrogen and oxygen atoms in total. The molecule has 0 fully saturated rings. The summed E-state index contributed by atoms with van der Waals surface area (Å²) in [6, 6.07) is 0. The van der Waals surface area contributed by atoms with Gasteiger partial charge in [0.05, 0.1) is 6.54 Å². The van der Waals surface area contributed by atoms with Crippen molar-refractivity contribution >= 4 is 5.97 Å². The highest BCUT2D eigenvalue weighted by atomic mass is 16.7. The van der Waals surface area contributed by atoms with Gasteiger partial charge in [-0.2, -0.15) is 0 Å². The summed E-state index contributed by atoms with van der Waals surface area (Å²) < 4.78 is 0. The summed E-state index contributed by atoms with van der Waals surface area (Å²) in [4.78, 5) is 13.9. The normalized spacial score (nSPS) is 8.29. The Bertz CT molecular complexity index is 64.0. The zero-order chi connectivity index (χ0) is 5.70. The number of rotatable bonds is 2. The van der Waals surface area contributed by atoms with Crippen LogP contribution in [0.15, 0.2) is 0 Å². The van der Waals surface area contributed by atoms with Gasteiger partial charge >= 0.3 is 5.97 Å². The summed E-state index contributed by atoms with van der Waals surface area (Å²) in [5.74, 6) is 3.98. The first-order valence-corrected chi connectivity index (χ1v) is 1.66. The lowest BCUT2D eigenvalue weighted by Gasteiger charge is -1.94. The first-order chi connectivity index (χ1) is 3.31. The number of nitrogens with one attached hydrogen (secondary N) is 1. The lowest BCUT2D eigenvalue weighted by molar-refractivity contribution is -0.149. The van der Waals surface area contributed by atoms with Crippen molar-refractivity contribution in [1.29, 1.82) is 0 Å². The molecule has 0 bridgehead atoms. The van der Waals surface area contributed by atoms with Crippen LogP contribution >= 0.6 is 0 Å². The van der Waals surface area contributed by atoms with Gasteiger partial charge in [-0.15, -0.1) is 0 Å². The topological polar surface area (TPSA) is 90.4 Å². The average molecular weight is 105 g/mol. The molecular weight excluding hydrogens is 98.0 g/mol. The number of hydrogen-bond donors (Lipinski definition) is 3. The molecule has 42 valence electrons. The molecule has 0 saturated heterocycles. The second-order valence-corrected chi connectivity index (χ2v) is 0.796. The molecule has 0 rings (SSSR count). The molecule has 0 amide bonds. The van der Waals surface area contributed by atoms with Crippen molar-refractivity contribution in [3.05, 3.63) is 0 Å². The maximum atomic E-state index is 9.92. The summed E-state index contributed by atoms with van der Waals surface area (Å²) in [5, 5.41) is 0. The van der Waals surface area contributed by atoms with Crippen molar-refractivity contribution in [2.45, 2.75) is 0 Å². The lowest BCUT2D eigenvalue weighted by atomic mass is 10.7. The SMILES string of the molecule is NCC(=O)ONN. The highest BCUT2D eigenvalue weighted by Crippen LogP contribution is 1.60. The second kappa shape index (κ2) is 3.54. The molecule has 0 aromatic carbocycles. The maximum absolute atomic E-state index is 9.92. The molecule has 7 heavy (non-hydrogen) atoms. The van der Waals surface area contributed by atoms with Crippen molar-refractivity contribution in [2.24, 2.45) is 11.6 Å². The van der Waals surface area contributed by atoms with E-state index in [1.165, 1.54) is 0 Å². The molecule has 0 aliphatic heterocycles. The van der Waals surface area contributed by atoms with E-state index in [0.29, 0.717) is 0 Å². The third kappa shape index (κ3) is 3.17. The van der Waals surface area contributed by atoms with E-state index < -0.39 is 5.97 Å². The fraction of sp³-hybridized carbons (Fsp3) is 0.500. The van der Waals surface area contributed by atoms with Crippen molar-refractivity contribution in [1.82, 2.24) is 5.59 Å². The minimum Gasteiger partial charge on any atom is -0.355 e. The Morgan fingerprint density at radius 3 is 2.57 bits per heavy atom. The zero-order valence-corrected chi connectivity index (χ0v) is 3.68. The highest BCUT2D eigenvalue weighted by molar-refractivity contribution is 5.70. The molecular formula is C2H7N3O2. The van der Waals surface area contributed by atoms with Gasteiger partial charge in [0.2, 0.25) is 0 Å². The van der Waals surface area contributed by atoms with E-state index in [9.17, 15) is 4.79 Å². The van der Waals surface area contributed by atoms with Crippen LogP contribution in [0.1, 0.15) is 0 Å². The first-order valence-electron chi connectivity index (χ1n) is 1.66. The van der Waals surface area contributed by atoms with Crippen LogP contribution in [0.2, 0.25) is 0 Å². The van der Waals surface area contributed by atoms with Crippen LogP contribution in [0, 0.1) is 0 Å². The van der Waals surface area contributed by atoms with Crippen LogP contribution in [0.4, 0.5) is 0 Å². The molecule has 0 unspecified atom stereocenters. The second-order valence-electron chi connectivity index (χ2n) is 0.796. The summed E-state index contributed by atoms with van der Waals surface area (Å²) in [6.45, 7) is -0.163. The van der Waals surface area contributed by atoms with Crippen LogP contribution in [0.25, 0.3) is 0 Å². The van der Waals surface area contributed by atoms with Gasteiger partial charge in [-0.3, -0.25) is 0 Å². The smallest absolute Gasteiger partial charge is 0.339 e. The van der Waals surface area contributed by atoms with Gasteiger partial charge in [-0.25, -0.2) is 10.6 Å². The third-order valence-corrected chi connectivity index (χ3v) is 0.339. The van der Waals surface area contributed by atoms with Crippen molar-refractivity contribution in [2.75, 3.05) is 6.54 Å². The van der Waals surface area contributed by atoms with Crippen molar-refractivity contribution < 1.29 is 9.63 Å². The Hall–Kier alpha value is -0.650. The van der Waals surface area contributed by atoms with Gasteiger partial charge in [0, 0.05) is 0 Å². The van der Waals surface area contributed by atoms with Crippen LogP contribution in [-0.2, 0) is 9.63 Å². The van der Waals surface area contributed by atoms with Crippen molar-refractivity contribution in [3.8, 4) is 0 Å². The minimum absolute atomic E-state index is 0.163. The quantitative estimate of drug-likeness (QED) is 0.275. The van der Waals surface area contributed by atoms with E-state index >= 15 is 0 Å². The first kappa shape index (κ1) is 6.35. The predicted molar refractivity (Wildman–Crippen MR) is 22.5 cm³/mol. The van der Waals surface area contributed by atoms with Gasteiger partial charge in [-0.05, 0) is 0 Å². The van der Waals surface area contributed by atoms with E-state index in [-0.39, 0.29) is 6.54 Å². The molecule has 0 heterocycles. The summed E-state index contributed by atoms with van der Waals surface area (Å²) in [5.41, 5.74) is 6.48. The fourth-order valence-corrected chi connectivity index (χ4v) is 0.107. The number of nitrogens with two attached hydrogens (primary N) is 2. The molecule has 0 saturated carbocycles. The van der Waals surface area contributed by atoms with E-state index in [1.807, 2.05) is 0 Å². The standard InChI is InChI=1S/C2H7N3O2/c3-1-2(6)7-5-4/h5H,1,3-4H2. The monoisotopic (exact) mass is 105 g/mol. The van der Waals surface area contributed by atoms with E-state index in [2.05, 4.69) is 10.7 Å². The maximum Gasteiger partial charge on any atom is 0.339 e. The largest absolute Gasteiger partial charge is 0.355 e. The molecule has 0 aromatic rings. The number of carbonyl (C=O) groups is 1. The van der Waals surface area contributed by atoms with Crippen LogP contribution in [-0.4, -0.2) is 12.5 Å². The van der Waals surface area contributed by atoms with Gasteiger partial charge < -0.3 is 10.6 Å². The fourth-order valence-electron chi connectivity index (χ4n) is 0.107. The Balaban J connectivity index is 3.00. The molecule has 0 aliphatic carbocycles. The molecule has 5 N–H and O–H groups in total. The molecule has 5 heteroatoms. The summed E-state index contributed by atoms with van der Waals surface area (Å²) in [6.07, 6.45) is 0. The Kier molecular flexibility index (Phi) is 3.21. The van der Waals surface area contributed by atoms with Crippen molar-refractivity contribution in [3.63, 3.8) is 0 Å². The molecule has 0 spiro atoms. The van der Waals surface area contributed by atoms with Gasteiger partial charge in [-0.1, -0.05) is 5.59 Å². The Morgan fingerprint density at radius 2 is 2.43 bits per heavy atom. The predicted octanol–water partition coefficient (Wildman–Crippen LogP) is -2.13. The highest BCUT2D eigenvalue weighted by Gasteiger charge is 1.92. The zero-order valence-electron chi connectivity index (χ0n) is 3.68. The molecule has 0 radical (unpaired) electrons. The summed E-state index contributed by atoms with van der Waals surface area (Å²) in [7, 11) is 0. The molecule has 0 aliphatic rings. The van der Waals surface area contributed by atoms with E-state index in [1.54, 1.807) is 5.59 Å². The third-order valence-electron chi connectivity index (χ3n) is 0.339. The summed E-state index contributed by atoms with van der Waals surface area (Å²) >= 11 is 0. The van der Waals surface area contributed by atoms with Crippen LogP contribution in [0.3, 0.4) is 0 Å². The van der Waals surface area contributed by atoms with E-state index in [0.717, 1.165) is 0 Å². The van der Waals surface area contributed by atoms with E-state index in [4.69, 9.17) is 5.73 Å². The molecule has 0 aromatic heterocycles. The minimum atomic E-state index is -0.581. The Morgan fingerprint density at radius 1 is 1.86 bits per heavy atom. The van der Waals surface area contributed by atoms with Crippen LogP contribution in [0.5, 0.6) is 0 Å². The van der Waals surface area contributed by atoms with Gasteiger partial charge in [0.1, 0.15) is 0 Å².